The number of carbonyl (C=O) groups excluding carboxylic acids is 1. The Hall–Kier alpha value is -2.56. The SMILES string of the molecule is CCOc1ccc(CCC(=O)Nc2cccnc2N2CCCCC2)cc1. The van der Waals surface area contributed by atoms with Crippen LogP contribution in [0.3, 0.4) is 0 Å². The quantitative estimate of drug-likeness (QED) is 0.816. The second kappa shape index (κ2) is 9.22. The van der Waals surface area contributed by atoms with Crippen molar-refractivity contribution < 1.29 is 9.53 Å². The predicted octanol–water partition coefficient (Wildman–Crippen LogP) is 4.04. The summed E-state index contributed by atoms with van der Waals surface area (Å²) in [7, 11) is 0. The average Bonchev–Trinajstić information content (AvgIpc) is 2.69. The van der Waals surface area contributed by atoms with Crippen molar-refractivity contribution in [3.05, 3.63) is 48.2 Å². The summed E-state index contributed by atoms with van der Waals surface area (Å²) in [6.07, 6.45) is 6.58. The second-order valence-corrected chi connectivity index (χ2v) is 6.55. The van der Waals surface area contributed by atoms with E-state index in [1.54, 1.807) is 6.20 Å². The van der Waals surface area contributed by atoms with Crippen LogP contribution in [0.25, 0.3) is 0 Å². The molecular formula is C21H27N3O2. The Morgan fingerprint density at radius 2 is 1.92 bits per heavy atom. The van der Waals surface area contributed by atoms with Crippen molar-refractivity contribution in [3.63, 3.8) is 0 Å². The minimum Gasteiger partial charge on any atom is -0.494 e. The highest BCUT2D eigenvalue weighted by Crippen LogP contribution is 2.26. The number of aromatic nitrogens is 1. The van der Waals surface area contributed by atoms with Crippen LogP contribution in [0.4, 0.5) is 11.5 Å². The van der Waals surface area contributed by atoms with Crippen LogP contribution < -0.4 is 15.0 Å². The number of benzene rings is 1. The molecule has 1 fully saturated rings. The highest BCUT2D eigenvalue weighted by molar-refractivity contribution is 5.93. The lowest BCUT2D eigenvalue weighted by Crippen LogP contribution is -2.31. The van der Waals surface area contributed by atoms with Gasteiger partial charge in [0, 0.05) is 25.7 Å². The Labute approximate surface area is 155 Å². The second-order valence-electron chi connectivity index (χ2n) is 6.55. The molecule has 138 valence electrons. The van der Waals surface area contributed by atoms with Crippen LogP contribution in [0.15, 0.2) is 42.6 Å². The normalized spacial score (nSPS) is 14.1. The molecule has 0 radical (unpaired) electrons. The first kappa shape index (κ1) is 18.2. The van der Waals surface area contributed by atoms with Gasteiger partial charge in [0.25, 0.3) is 0 Å². The van der Waals surface area contributed by atoms with E-state index in [1.807, 2.05) is 43.3 Å². The van der Waals surface area contributed by atoms with Gasteiger partial charge in [0.05, 0.1) is 12.3 Å². The van der Waals surface area contributed by atoms with Crippen molar-refractivity contribution in [2.45, 2.75) is 39.0 Å². The zero-order valence-corrected chi connectivity index (χ0v) is 15.4. The molecule has 0 atom stereocenters. The average molecular weight is 353 g/mol. The van der Waals surface area contributed by atoms with Gasteiger partial charge in [-0.1, -0.05) is 12.1 Å². The van der Waals surface area contributed by atoms with Gasteiger partial charge in [-0.25, -0.2) is 4.98 Å². The van der Waals surface area contributed by atoms with E-state index in [0.717, 1.165) is 35.9 Å². The van der Waals surface area contributed by atoms with Gasteiger partial charge < -0.3 is 15.0 Å². The number of pyridine rings is 1. The van der Waals surface area contributed by atoms with Crippen LogP contribution >= 0.6 is 0 Å². The van der Waals surface area contributed by atoms with Crippen LogP contribution in [-0.2, 0) is 11.2 Å². The zero-order chi connectivity index (χ0) is 18.2. The summed E-state index contributed by atoms with van der Waals surface area (Å²) in [5, 5.41) is 3.04. The number of anilines is 2. The Morgan fingerprint density at radius 1 is 1.15 bits per heavy atom. The molecule has 1 aromatic heterocycles. The summed E-state index contributed by atoms with van der Waals surface area (Å²) in [6.45, 7) is 4.64. The highest BCUT2D eigenvalue weighted by atomic mass is 16.5. The molecule has 26 heavy (non-hydrogen) atoms. The number of amides is 1. The van der Waals surface area contributed by atoms with Crippen molar-refractivity contribution in [2.75, 3.05) is 29.9 Å². The third-order valence-electron chi connectivity index (χ3n) is 4.59. The number of nitrogens with one attached hydrogen (secondary N) is 1. The van der Waals surface area contributed by atoms with E-state index in [-0.39, 0.29) is 5.91 Å². The summed E-state index contributed by atoms with van der Waals surface area (Å²) in [4.78, 5) is 19.2. The summed E-state index contributed by atoms with van der Waals surface area (Å²) in [6, 6.07) is 11.7. The Balaban J connectivity index is 1.56. The lowest BCUT2D eigenvalue weighted by atomic mass is 10.1. The molecule has 0 bridgehead atoms. The minimum atomic E-state index is 0.0187. The lowest BCUT2D eigenvalue weighted by Gasteiger charge is -2.29. The molecule has 0 unspecified atom stereocenters. The van der Waals surface area contributed by atoms with E-state index in [1.165, 1.54) is 19.3 Å². The topological polar surface area (TPSA) is 54.5 Å². The van der Waals surface area contributed by atoms with Gasteiger partial charge in [-0.15, -0.1) is 0 Å². The van der Waals surface area contributed by atoms with Gasteiger partial charge in [0.1, 0.15) is 5.75 Å². The summed E-state index contributed by atoms with van der Waals surface area (Å²) >= 11 is 0. The fourth-order valence-corrected chi connectivity index (χ4v) is 3.24. The molecule has 1 N–H and O–H groups in total. The van der Waals surface area contributed by atoms with E-state index < -0.39 is 0 Å². The fourth-order valence-electron chi connectivity index (χ4n) is 3.24. The first-order valence-electron chi connectivity index (χ1n) is 9.48. The van der Waals surface area contributed by atoms with Crippen LogP contribution in [0.2, 0.25) is 0 Å². The molecule has 0 saturated carbocycles. The van der Waals surface area contributed by atoms with Gasteiger partial charge in [-0.3, -0.25) is 4.79 Å². The number of aryl methyl sites for hydroxylation is 1. The van der Waals surface area contributed by atoms with Crippen molar-refractivity contribution >= 4 is 17.4 Å². The van der Waals surface area contributed by atoms with E-state index in [0.29, 0.717) is 19.4 Å². The number of hydrogen-bond acceptors (Lipinski definition) is 4. The van der Waals surface area contributed by atoms with Crippen LogP contribution in [0, 0.1) is 0 Å². The summed E-state index contributed by atoms with van der Waals surface area (Å²) in [5.74, 6) is 1.77. The van der Waals surface area contributed by atoms with Gasteiger partial charge in [0.2, 0.25) is 5.91 Å². The molecule has 2 heterocycles. The Morgan fingerprint density at radius 3 is 2.65 bits per heavy atom. The van der Waals surface area contributed by atoms with Crippen LogP contribution in [0.5, 0.6) is 5.75 Å². The van der Waals surface area contributed by atoms with E-state index in [9.17, 15) is 4.79 Å². The maximum absolute atomic E-state index is 12.4. The number of hydrogen-bond donors (Lipinski definition) is 1. The van der Waals surface area contributed by atoms with Crippen molar-refractivity contribution in [3.8, 4) is 5.75 Å². The maximum atomic E-state index is 12.4. The summed E-state index contributed by atoms with van der Waals surface area (Å²) in [5.41, 5.74) is 1.94. The van der Waals surface area contributed by atoms with Gasteiger partial charge in [-0.05, 0) is 62.4 Å². The van der Waals surface area contributed by atoms with Gasteiger partial charge in [-0.2, -0.15) is 0 Å². The molecule has 1 aliphatic rings. The number of piperidine rings is 1. The van der Waals surface area contributed by atoms with Crippen molar-refractivity contribution in [2.24, 2.45) is 0 Å². The molecule has 1 aromatic carbocycles. The first-order chi connectivity index (χ1) is 12.8. The summed E-state index contributed by atoms with van der Waals surface area (Å²) < 4.78 is 5.45. The van der Waals surface area contributed by atoms with Gasteiger partial charge >= 0.3 is 0 Å². The van der Waals surface area contributed by atoms with Crippen LogP contribution in [0.1, 0.15) is 38.2 Å². The number of ether oxygens (including phenoxy) is 1. The molecule has 0 aliphatic carbocycles. The molecule has 1 amide bonds. The minimum absolute atomic E-state index is 0.0187. The Bertz CT molecular complexity index is 709. The number of nitrogens with zero attached hydrogens (tertiary/aromatic N) is 2. The molecule has 1 saturated heterocycles. The third kappa shape index (κ3) is 4.97. The van der Waals surface area contributed by atoms with Gasteiger partial charge in [0.15, 0.2) is 5.82 Å². The Kier molecular flexibility index (Phi) is 6.47. The molecule has 2 aromatic rings. The zero-order valence-electron chi connectivity index (χ0n) is 15.4. The monoisotopic (exact) mass is 353 g/mol. The molecule has 3 rings (SSSR count). The molecule has 1 aliphatic heterocycles. The third-order valence-corrected chi connectivity index (χ3v) is 4.59. The predicted molar refractivity (Wildman–Crippen MR) is 105 cm³/mol. The standard InChI is InChI=1S/C21H27N3O2/c1-2-26-18-11-8-17(9-12-18)10-13-20(25)23-19-7-6-14-22-21(19)24-15-4-3-5-16-24/h6-9,11-12,14H,2-5,10,13,15-16H2,1H3,(H,23,25). The molecule has 5 nitrogen and oxygen atoms in total. The number of rotatable bonds is 7. The molecular weight excluding hydrogens is 326 g/mol. The van der Waals surface area contributed by atoms with E-state index in [4.69, 9.17) is 4.74 Å². The van der Waals surface area contributed by atoms with Crippen LogP contribution in [-0.4, -0.2) is 30.6 Å². The van der Waals surface area contributed by atoms with E-state index in [2.05, 4.69) is 15.2 Å². The van der Waals surface area contributed by atoms with E-state index >= 15 is 0 Å². The molecule has 0 spiro atoms. The number of carbonyl (C=O) groups is 1. The van der Waals surface area contributed by atoms with Crippen molar-refractivity contribution in [1.82, 2.24) is 4.98 Å². The van der Waals surface area contributed by atoms with Crippen molar-refractivity contribution in [1.29, 1.82) is 0 Å². The maximum Gasteiger partial charge on any atom is 0.224 e. The largest absolute Gasteiger partial charge is 0.494 e. The molecule has 5 heteroatoms. The lowest BCUT2D eigenvalue weighted by molar-refractivity contribution is -0.116. The fraction of sp³-hybridized carbons (Fsp3) is 0.429. The smallest absolute Gasteiger partial charge is 0.224 e. The highest BCUT2D eigenvalue weighted by Gasteiger charge is 2.16. The first-order valence-corrected chi connectivity index (χ1v) is 9.48.